The number of methoxy groups -OCH3 is 2. The van der Waals surface area contributed by atoms with E-state index in [9.17, 15) is 4.79 Å². The maximum atomic E-state index is 12.5. The third-order valence-electron chi connectivity index (χ3n) is 3.73. The van der Waals surface area contributed by atoms with E-state index in [1.165, 1.54) is 0 Å². The number of amides is 2. The minimum atomic E-state index is -0.203. The lowest BCUT2D eigenvalue weighted by Crippen LogP contribution is -2.31. The highest BCUT2D eigenvalue weighted by Crippen LogP contribution is 2.36. The summed E-state index contributed by atoms with van der Waals surface area (Å²) in [7, 11) is 4.89. The maximum Gasteiger partial charge on any atom is 0.321 e. The van der Waals surface area contributed by atoms with Crippen LogP contribution in [0.1, 0.15) is 11.1 Å². The van der Waals surface area contributed by atoms with Crippen molar-refractivity contribution in [1.82, 2.24) is 4.90 Å². The van der Waals surface area contributed by atoms with Crippen molar-refractivity contribution >= 4 is 27.6 Å². The number of rotatable bonds is 5. The van der Waals surface area contributed by atoms with Crippen molar-refractivity contribution in [3.63, 3.8) is 0 Å². The molecular weight excluding hydrogens is 372 g/mol. The van der Waals surface area contributed by atoms with Crippen molar-refractivity contribution in [2.24, 2.45) is 0 Å². The lowest BCUT2D eigenvalue weighted by atomic mass is 10.1. The van der Waals surface area contributed by atoms with Gasteiger partial charge in [-0.15, -0.1) is 0 Å². The standard InChI is InChI=1S/C18H21BrN2O3/c1-12-7-5-6-8-13(12)11-21(2)18(22)20-15-10-17(24-4)16(23-3)9-14(15)19/h5-10H,11H2,1-4H3,(H,20,22). The number of ether oxygens (including phenoxy) is 2. The van der Waals surface area contributed by atoms with Crippen LogP contribution in [0.3, 0.4) is 0 Å². The molecule has 0 heterocycles. The van der Waals surface area contributed by atoms with E-state index < -0.39 is 0 Å². The predicted octanol–water partition coefficient (Wildman–Crippen LogP) is 4.44. The number of hydrogen-bond acceptors (Lipinski definition) is 3. The van der Waals surface area contributed by atoms with E-state index in [1.54, 1.807) is 38.3 Å². The van der Waals surface area contributed by atoms with Gasteiger partial charge in [-0.2, -0.15) is 0 Å². The molecule has 1 N–H and O–H groups in total. The number of urea groups is 1. The van der Waals surface area contributed by atoms with E-state index in [4.69, 9.17) is 9.47 Å². The zero-order chi connectivity index (χ0) is 17.7. The van der Waals surface area contributed by atoms with E-state index in [0.717, 1.165) is 15.6 Å². The van der Waals surface area contributed by atoms with Crippen molar-refractivity contribution in [1.29, 1.82) is 0 Å². The lowest BCUT2D eigenvalue weighted by molar-refractivity contribution is 0.220. The average Bonchev–Trinajstić information content (AvgIpc) is 2.58. The Bertz CT molecular complexity index is 734. The number of benzene rings is 2. The van der Waals surface area contributed by atoms with Crippen LogP contribution >= 0.6 is 15.9 Å². The van der Waals surface area contributed by atoms with E-state index in [2.05, 4.69) is 21.2 Å². The molecule has 0 spiro atoms. The molecule has 0 bridgehead atoms. The van der Waals surface area contributed by atoms with Gasteiger partial charge in [-0.3, -0.25) is 0 Å². The Labute approximate surface area is 150 Å². The first-order valence-electron chi connectivity index (χ1n) is 7.44. The van der Waals surface area contributed by atoms with Crippen LogP contribution in [0.15, 0.2) is 40.9 Å². The fourth-order valence-corrected chi connectivity index (χ4v) is 2.70. The van der Waals surface area contributed by atoms with Gasteiger partial charge in [0.1, 0.15) is 0 Å². The SMILES string of the molecule is COc1cc(Br)c(NC(=O)N(C)Cc2ccccc2C)cc1OC. The second-order valence-corrected chi connectivity index (χ2v) is 6.25. The zero-order valence-electron chi connectivity index (χ0n) is 14.2. The van der Waals surface area contributed by atoms with Crippen LogP contribution in [0.4, 0.5) is 10.5 Å². The van der Waals surface area contributed by atoms with Gasteiger partial charge in [-0.05, 0) is 34.0 Å². The number of carbonyl (C=O) groups excluding carboxylic acids is 1. The summed E-state index contributed by atoms with van der Waals surface area (Å²) in [5.41, 5.74) is 2.89. The predicted molar refractivity (Wildman–Crippen MR) is 98.9 cm³/mol. The molecule has 2 amide bonds. The molecule has 0 aromatic heterocycles. The van der Waals surface area contributed by atoms with Gasteiger partial charge in [0.05, 0.1) is 19.9 Å². The summed E-state index contributed by atoms with van der Waals surface area (Å²) in [5.74, 6) is 1.15. The highest BCUT2D eigenvalue weighted by Gasteiger charge is 2.15. The molecule has 2 aromatic rings. The molecule has 0 aliphatic rings. The Morgan fingerprint density at radius 3 is 2.42 bits per heavy atom. The highest BCUT2D eigenvalue weighted by atomic mass is 79.9. The summed E-state index contributed by atoms with van der Waals surface area (Å²) in [5, 5.41) is 2.88. The Hall–Kier alpha value is -2.21. The van der Waals surface area contributed by atoms with Crippen LogP contribution < -0.4 is 14.8 Å². The van der Waals surface area contributed by atoms with Crippen LogP contribution in [0, 0.1) is 6.92 Å². The molecule has 0 saturated heterocycles. The van der Waals surface area contributed by atoms with E-state index in [0.29, 0.717) is 23.7 Å². The number of halogens is 1. The number of aryl methyl sites for hydroxylation is 1. The van der Waals surface area contributed by atoms with Crippen LogP contribution in [-0.2, 0) is 6.54 Å². The molecule has 2 rings (SSSR count). The van der Waals surface area contributed by atoms with E-state index in [1.807, 2.05) is 31.2 Å². The largest absolute Gasteiger partial charge is 0.493 e. The fourth-order valence-electron chi connectivity index (χ4n) is 2.28. The first kappa shape index (κ1) is 18.1. The summed E-state index contributed by atoms with van der Waals surface area (Å²) in [6.45, 7) is 2.56. The monoisotopic (exact) mass is 392 g/mol. The van der Waals surface area contributed by atoms with Crippen LogP contribution in [0.25, 0.3) is 0 Å². The smallest absolute Gasteiger partial charge is 0.321 e. The summed E-state index contributed by atoms with van der Waals surface area (Å²) in [4.78, 5) is 14.1. The molecular formula is C18H21BrN2O3. The summed E-state index contributed by atoms with van der Waals surface area (Å²) in [6, 6.07) is 11.3. The van der Waals surface area contributed by atoms with Gasteiger partial charge in [0.2, 0.25) is 0 Å². The molecule has 24 heavy (non-hydrogen) atoms. The van der Waals surface area contributed by atoms with Gasteiger partial charge in [0.15, 0.2) is 11.5 Å². The Morgan fingerprint density at radius 2 is 1.79 bits per heavy atom. The molecule has 0 aliphatic heterocycles. The van der Waals surface area contributed by atoms with E-state index >= 15 is 0 Å². The summed E-state index contributed by atoms with van der Waals surface area (Å²) < 4.78 is 11.2. The Balaban J connectivity index is 2.13. The van der Waals surface area contributed by atoms with Crippen molar-refractivity contribution in [3.8, 4) is 11.5 Å². The second kappa shape index (κ2) is 8.06. The molecule has 5 nitrogen and oxygen atoms in total. The second-order valence-electron chi connectivity index (χ2n) is 5.40. The first-order chi connectivity index (χ1) is 11.5. The van der Waals surface area contributed by atoms with Crippen molar-refractivity contribution in [2.45, 2.75) is 13.5 Å². The number of nitrogens with one attached hydrogen (secondary N) is 1. The molecule has 0 aliphatic carbocycles. The minimum absolute atomic E-state index is 0.203. The van der Waals surface area contributed by atoms with Crippen LogP contribution in [0.2, 0.25) is 0 Å². The summed E-state index contributed by atoms with van der Waals surface area (Å²) >= 11 is 3.44. The number of hydrogen-bond donors (Lipinski definition) is 1. The van der Waals surface area contributed by atoms with E-state index in [-0.39, 0.29) is 6.03 Å². The lowest BCUT2D eigenvalue weighted by Gasteiger charge is -2.20. The fraction of sp³-hybridized carbons (Fsp3) is 0.278. The zero-order valence-corrected chi connectivity index (χ0v) is 15.8. The molecule has 0 radical (unpaired) electrons. The topological polar surface area (TPSA) is 50.8 Å². The average molecular weight is 393 g/mol. The van der Waals surface area contributed by atoms with Gasteiger partial charge < -0.3 is 19.7 Å². The third-order valence-corrected chi connectivity index (χ3v) is 4.39. The van der Waals surface area contributed by atoms with Crippen LogP contribution in [0.5, 0.6) is 11.5 Å². The van der Waals surface area contributed by atoms with Gasteiger partial charge in [0, 0.05) is 30.2 Å². The third kappa shape index (κ3) is 4.20. The highest BCUT2D eigenvalue weighted by molar-refractivity contribution is 9.10. The normalized spacial score (nSPS) is 10.2. The van der Waals surface area contributed by atoms with Gasteiger partial charge in [-0.1, -0.05) is 24.3 Å². The molecule has 0 saturated carbocycles. The van der Waals surface area contributed by atoms with Crippen LogP contribution in [-0.4, -0.2) is 32.2 Å². The minimum Gasteiger partial charge on any atom is -0.493 e. The number of carbonyl (C=O) groups is 1. The first-order valence-corrected chi connectivity index (χ1v) is 8.23. The quantitative estimate of drug-likeness (QED) is 0.817. The van der Waals surface area contributed by atoms with Crippen molar-refractivity contribution in [2.75, 3.05) is 26.6 Å². The Morgan fingerprint density at radius 1 is 1.17 bits per heavy atom. The molecule has 0 atom stereocenters. The molecule has 0 unspecified atom stereocenters. The Kier molecular flexibility index (Phi) is 6.09. The molecule has 128 valence electrons. The summed E-state index contributed by atoms with van der Waals surface area (Å²) in [6.07, 6.45) is 0. The van der Waals surface area contributed by atoms with Gasteiger partial charge in [-0.25, -0.2) is 4.79 Å². The molecule has 0 fully saturated rings. The van der Waals surface area contributed by atoms with Crippen molar-refractivity contribution < 1.29 is 14.3 Å². The van der Waals surface area contributed by atoms with Gasteiger partial charge in [0.25, 0.3) is 0 Å². The van der Waals surface area contributed by atoms with Gasteiger partial charge >= 0.3 is 6.03 Å². The number of nitrogens with zero attached hydrogens (tertiary/aromatic N) is 1. The van der Waals surface area contributed by atoms with Crippen molar-refractivity contribution in [3.05, 3.63) is 52.0 Å². The maximum absolute atomic E-state index is 12.5. The molecule has 2 aromatic carbocycles. The molecule has 6 heteroatoms. The number of anilines is 1.